The molecule has 0 radical (unpaired) electrons. The van der Waals surface area contributed by atoms with E-state index in [1.807, 2.05) is 60.1 Å². The first-order valence-electron chi connectivity index (χ1n) is 11.5. The van der Waals surface area contributed by atoms with Crippen LogP contribution in [0.15, 0.2) is 67.4 Å². The van der Waals surface area contributed by atoms with Crippen molar-refractivity contribution in [3.05, 3.63) is 72.9 Å². The number of benzene rings is 2. The minimum Gasteiger partial charge on any atom is -0.383 e. The predicted octanol–water partition coefficient (Wildman–Crippen LogP) is 4.83. The summed E-state index contributed by atoms with van der Waals surface area (Å²) in [6.45, 7) is 3.48. The van der Waals surface area contributed by atoms with Gasteiger partial charge < -0.3 is 20.9 Å². The molecule has 178 valence electrons. The number of amides is 2. The molecule has 5 rings (SSSR count). The minimum absolute atomic E-state index is 0.0457. The van der Waals surface area contributed by atoms with E-state index in [9.17, 15) is 14.9 Å². The zero-order valence-electron chi connectivity index (χ0n) is 19.7. The first-order chi connectivity index (χ1) is 17.4. The number of rotatable bonds is 6. The van der Waals surface area contributed by atoms with E-state index < -0.39 is 0 Å². The number of carbonyl (C=O) groups is 2. The molecular formula is C28H24N6O2. The second kappa shape index (κ2) is 9.04. The van der Waals surface area contributed by atoms with Crippen molar-refractivity contribution in [3.63, 3.8) is 0 Å². The van der Waals surface area contributed by atoms with E-state index >= 15 is 0 Å². The molecule has 4 aromatic rings. The summed E-state index contributed by atoms with van der Waals surface area (Å²) in [4.78, 5) is 28.1. The van der Waals surface area contributed by atoms with Crippen molar-refractivity contribution < 1.29 is 9.59 Å². The van der Waals surface area contributed by atoms with Crippen molar-refractivity contribution in [2.24, 2.45) is 13.0 Å². The Labute approximate surface area is 208 Å². The third-order valence-corrected chi connectivity index (χ3v) is 6.36. The molecule has 8 nitrogen and oxygen atoms in total. The molecule has 8 heteroatoms. The van der Waals surface area contributed by atoms with Gasteiger partial charge in [-0.2, -0.15) is 5.26 Å². The van der Waals surface area contributed by atoms with E-state index in [-0.39, 0.29) is 17.7 Å². The number of nitrogens with zero attached hydrogens (tertiary/aromatic N) is 3. The van der Waals surface area contributed by atoms with Gasteiger partial charge in [0.1, 0.15) is 11.9 Å². The zero-order chi connectivity index (χ0) is 25.4. The first-order valence-corrected chi connectivity index (χ1v) is 11.5. The van der Waals surface area contributed by atoms with Crippen LogP contribution in [0, 0.1) is 17.2 Å². The fourth-order valence-corrected chi connectivity index (χ4v) is 4.42. The van der Waals surface area contributed by atoms with Crippen LogP contribution in [-0.2, 0) is 16.6 Å². The van der Waals surface area contributed by atoms with Crippen LogP contribution in [0.25, 0.3) is 33.3 Å². The summed E-state index contributed by atoms with van der Waals surface area (Å²) in [7, 11) is 1.89. The van der Waals surface area contributed by atoms with Crippen LogP contribution in [0.4, 0.5) is 17.2 Å². The third kappa shape index (κ3) is 4.07. The number of anilines is 3. The quantitative estimate of drug-likeness (QED) is 0.344. The minimum atomic E-state index is -0.292. The highest BCUT2D eigenvalue weighted by Crippen LogP contribution is 2.43. The van der Waals surface area contributed by atoms with Crippen LogP contribution in [0.1, 0.15) is 18.4 Å². The Hall–Kier alpha value is -4.90. The molecule has 0 spiro atoms. The number of fused-ring (bicyclic) bond motifs is 1. The van der Waals surface area contributed by atoms with E-state index in [1.165, 1.54) is 12.3 Å². The highest BCUT2D eigenvalue weighted by molar-refractivity contribution is 6.11. The van der Waals surface area contributed by atoms with Crippen LogP contribution in [-0.4, -0.2) is 21.4 Å². The van der Waals surface area contributed by atoms with E-state index in [0.717, 1.165) is 40.9 Å². The first kappa shape index (κ1) is 22.9. The van der Waals surface area contributed by atoms with Gasteiger partial charge in [0.25, 0.3) is 0 Å². The van der Waals surface area contributed by atoms with Crippen molar-refractivity contribution in [2.45, 2.75) is 12.8 Å². The van der Waals surface area contributed by atoms with Gasteiger partial charge in [-0.15, -0.1) is 0 Å². The molecule has 0 unspecified atom stereocenters. The van der Waals surface area contributed by atoms with Gasteiger partial charge in [0.15, 0.2) is 0 Å². The van der Waals surface area contributed by atoms with E-state index in [2.05, 4.69) is 28.3 Å². The Bertz CT molecular complexity index is 1560. The standard InChI is InChI=1S/C28H24N6O2/c1-3-22(35)32-20-12-8-17(9-13-20)25-23(24-26(34(25)2)19(14-29)15-31-27(24)30)16-6-10-21(11-7-16)33-28(36)18-4-5-18/h3,6-13,15,18H,1,4-5H2,2H3,(H2,30,31)(H,32,35)(H,33,36). The van der Waals surface area contributed by atoms with Crippen molar-refractivity contribution in [3.8, 4) is 28.5 Å². The average Bonchev–Trinajstić information content (AvgIpc) is 3.70. The molecule has 4 N–H and O–H groups in total. The molecule has 0 atom stereocenters. The number of aromatic nitrogens is 2. The maximum atomic E-state index is 12.2. The number of carbonyl (C=O) groups excluding carboxylic acids is 2. The molecule has 2 aromatic heterocycles. The molecule has 1 aliphatic rings. The second-order valence-electron chi connectivity index (χ2n) is 8.79. The van der Waals surface area contributed by atoms with Crippen LogP contribution >= 0.6 is 0 Å². The highest BCUT2D eigenvalue weighted by atomic mass is 16.2. The molecule has 2 heterocycles. The number of nitriles is 1. The maximum absolute atomic E-state index is 12.2. The molecule has 2 aromatic carbocycles. The normalized spacial score (nSPS) is 12.7. The van der Waals surface area contributed by atoms with Gasteiger partial charge in [-0.05, 0) is 54.3 Å². The fourth-order valence-electron chi connectivity index (χ4n) is 4.42. The lowest BCUT2D eigenvalue weighted by atomic mass is 9.97. The molecule has 1 fully saturated rings. The van der Waals surface area contributed by atoms with Gasteiger partial charge in [0, 0.05) is 36.1 Å². The topological polar surface area (TPSA) is 126 Å². The summed E-state index contributed by atoms with van der Waals surface area (Å²) in [5.74, 6) is 0.189. The molecule has 2 amide bonds. The molecule has 1 saturated carbocycles. The van der Waals surface area contributed by atoms with Crippen LogP contribution in [0.2, 0.25) is 0 Å². The summed E-state index contributed by atoms with van der Waals surface area (Å²) in [5.41, 5.74) is 12.2. The van der Waals surface area contributed by atoms with Crippen LogP contribution in [0.3, 0.4) is 0 Å². The van der Waals surface area contributed by atoms with Gasteiger partial charge in [0.05, 0.1) is 22.2 Å². The van der Waals surface area contributed by atoms with Crippen molar-refractivity contribution in [2.75, 3.05) is 16.4 Å². The summed E-state index contributed by atoms with van der Waals surface area (Å²) < 4.78 is 1.95. The molecule has 0 bridgehead atoms. The number of hydrogen-bond acceptors (Lipinski definition) is 5. The lowest BCUT2D eigenvalue weighted by molar-refractivity contribution is -0.117. The number of nitrogens with two attached hydrogens (primary N) is 1. The monoisotopic (exact) mass is 476 g/mol. The Morgan fingerprint density at radius 1 is 1.08 bits per heavy atom. The summed E-state index contributed by atoms with van der Waals surface area (Å²) in [6.07, 6.45) is 4.57. The van der Waals surface area contributed by atoms with Gasteiger partial charge in [-0.25, -0.2) is 4.98 Å². The molecule has 0 saturated heterocycles. The van der Waals surface area contributed by atoms with Crippen molar-refractivity contribution in [1.82, 2.24) is 9.55 Å². The van der Waals surface area contributed by atoms with Gasteiger partial charge in [-0.3, -0.25) is 9.59 Å². The molecule has 0 aliphatic heterocycles. The van der Waals surface area contributed by atoms with Gasteiger partial charge in [0.2, 0.25) is 11.8 Å². The number of aryl methyl sites for hydroxylation is 1. The predicted molar refractivity (Wildman–Crippen MR) is 141 cm³/mol. The Morgan fingerprint density at radius 2 is 1.69 bits per heavy atom. The van der Waals surface area contributed by atoms with Crippen molar-refractivity contribution in [1.29, 1.82) is 5.26 Å². The third-order valence-electron chi connectivity index (χ3n) is 6.36. The lowest BCUT2D eigenvalue weighted by Gasteiger charge is -2.11. The average molecular weight is 477 g/mol. The second-order valence-corrected chi connectivity index (χ2v) is 8.79. The maximum Gasteiger partial charge on any atom is 0.247 e. The molecule has 1 aliphatic carbocycles. The van der Waals surface area contributed by atoms with Crippen molar-refractivity contribution >= 4 is 39.9 Å². The van der Waals surface area contributed by atoms with E-state index in [0.29, 0.717) is 28.0 Å². The Kier molecular flexibility index (Phi) is 5.74. The molecule has 36 heavy (non-hydrogen) atoms. The molecular weight excluding hydrogens is 452 g/mol. The largest absolute Gasteiger partial charge is 0.383 e. The Morgan fingerprint density at radius 3 is 2.28 bits per heavy atom. The number of pyridine rings is 1. The summed E-state index contributed by atoms with van der Waals surface area (Å²) >= 11 is 0. The lowest BCUT2D eigenvalue weighted by Crippen LogP contribution is -2.12. The summed E-state index contributed by atoms with van der Waals surface area (Å²) in [6, 6.07) is 17.2. The van der Waals surface area contributed by atoms with E-state index in [1.54, 1.807) is 0 Å². The summed E-state index contributed by atoms with van der Waals surface area (Å²) in [5, 5.41) is 16.2. The Balaban J connectivity index is 1.66. The highest BCUT2D eigenvalue weighted by Gasteiger charge is 2.29. The fraction of sp³-hybridized carbons (Fsp3) is 0.143. The SMILES string of the molecule is C=CC(=O)Nc1ccc(-c2c(-c3ccc(NC(=O)C4CC4)cc3)c3c(N)ncc(C#N)c3n2C)cc1. The van der Waals surface area contributed by atoms with Gasteiger partial charge >= 0.3 is 0 Å². The number of nitrogen functional groups attached to an aromatic ring is 1. The number of hydrogen-bond donors (Lipinski definition) is 3. The van der Waals surface area contributed by atoms with Crippen LogP contribution < -0.4 is 16.4 Å². The number of nitrogens with one attached hydrogen (secondary N) is 2. The zero-order valence-corrected chi connectivity index (χ0v) is 19.7. The smallest absolute Gasteiger partial charge is 0.247 e. The van der Waals surface area contributed by atoms with E-state index in [4.69, 9.17) is 5.73 Å². The van der Waals surface area contributed by atoms with Gasteiger partial charge in [-0.1, -0.05) is 30.8 Å². The van der Waals surface area contributed by atoms with Crippen LogP contribution in [0.5, 0.6) is 0 Å².